The van der Waals surface area contributed by atoms with Gasteiger partial charge in [0.25, 0.3) is 0 Å². The number of ether oxygens (including phenoxy) is 1. The van der Waals surface area contributed by atoms with E-state index < -0.39 is 0 Å². The lowest BCUT2D eigenvalue weighted by Crippen LogP contribution is -1.87. The zero-order chi connectivity index (χ0) is 14.8. The highest BCUT2D eigenvalue weighted by Crippen LogP contribution is 2.37. The van der Waals surface area contributed by atoms with Crippen LogP contribution >= 0.6 is 11.3 Å². The molecular weight excluding hydrogens is 285 g/mol. The Labute approximate surface area is 126 Å². The Hall–Kier alpha value is -2.20. The van der Waals surface area contributed by atoms with Gasteiger partial charge in [-0.15, -0.1) is 11.3 Å². The van der Waals surface area contributed by atoms with Gasteiger partial charge in [0.05, 0.1) is 18.4 Å². The number of nitrogens with zero attached hydrogens (tertiary/aromatic N) is 1. The van der Waals surface area contributed by atoms with Crippen LogP contribution in [-0.2, 0) is 0 Å². The molecular formula is C17H14FNOS. The van der Waals surface area contributed by atoms with E-state index in [1.807, 2.05) is 31.2 Å². The number of rotatable bonds is 3. The molecule has 0 unspecified atom stereocenters. The second kappa shape index (κ2) is 5.66. The Morgan fingerprint density at radius 2 is 1.76 bits per heavy atom. The van der Waals surface area contributed by atoms with Crippen LogP contribution in [0.2, 0.25) is 0 Å². The summed E-state index contributed by atoms with van der Waals surface area (Å²) in [6, 6.07) is 14.2. The first-order valence-corrected chi connectivity index (χ1v) is 7.37. The van der Waals surface area contributed by atoms with Crippen molar-refractivity contribution in [2.24, 2.45) is 0 Å². The number of hydrogen-bond donors (Lipinski definition) is 0. The SMILES string of the molecule is COc1ccccc1-c1nc(-c2ccc(F)cc2)c(C)s1. The molecule has 4 heteroatoms. The molecule has 0 amide bonds. The number of para-hydroxylation sites is 1. The molecule has 0 aliphatic rings. The normalized spacial score (nSPS) is 10.6. The largest absolute Gasteiger partial charge is 0.496 e. The number of benzene rings is 2. The molecule has 1 heterocycles. The number of hydrogen-bond acceptors (Lipinski definition) is 3. The standard InChI is InChI=1S/C17H14FNOS/c1-11-16(12-7-9-13(18)10-8-12)19-17(21-11)14-5-3-4-6-15(14)20-2/h3-10H,1-2H3. The molecule has 0 aliphatic carbocycles. The molecule has 3 rings (SSSR count). The van der Waals surface area contributed by atoms with Gasteiger partial charge in [-0.05, 0) is 43.3 Å². The van der Waals surface area contributed by atoms with Crippen LogP contribution in [0.15, 0.2) is 48.5 Å². The van der Waals surface area contributed by atoms with Gasteiger partial charge in [-0.25, -0.2) is 9.37 Å². The summed E-state index contributed by atoms with van der Waals surface area (Å²) >= 11 is 1.61. The van der Waals surface area contributed by atoms with Crippen molar-refractivity contribution < 1.29 is 9.13 Å². The first-order valence-electron chi connectivity index (χ1n) is 6.56. The number of aryl methyl sites for hydroxylation is 1. The maximum absolute atomic E-state index is 13.0. The third-order valence-electron chi connectivity index (χ3n) is 3.25. The summed E-state index contributed by atoms with van der Waals surface area (Å²) in [6.07, 6.45) is 0. The fourth-order valence-corrected chi connectivity index (χ4v) is 3.17. The van der Waals surface area contributed by atoms with Gasteiger partial charge >= 0.3 is 0 Å². The summed E-state index contributed by atoms with van der Waals surface area (Å²) in [5.41, 5.74) is 2.79. The van der Waals surface area contributed by atoms with Gasteiger partial charge in [0.1, 0.15) is 16.6 Å². The van der Waals surface area contributed by atoms with E-state index in [0.717, 1.165) is 32.5 Å². The van der Waals surface area contributed by atoms with Crippen LogP contribution < -0.4 is 4.74 Å². The highest BCUT2D eigenvalue weighted by atomic mass is 32.1. The summed E-state index contributed by atoms with van der Waals surface area (Å²) in [5.74, 6) is 0.563. The first-order chi connectivity index (χ1) is 10.2. The first kappa shape index (κ1) is 13.8. The Morgan fingerprint density at radius 3 is 2.48 bits per heavy atom. The van der Waals surface area contributed by atoms with E-state index in [-0.39, 0.29) is 5.82 Å². The molecule has 0 radical (unpaired) electrons. The van der Waals surface area contributed by atoms with Gasteiger partial charge in [0, 0.05) is 10.4 Å². The van der Waals surface area contributed by atoms with Crippen LogP contribution in [0, 0.1) is 12.7 Å². The monoisotopic (exact) mass is 299 g/mol. The molecule has 0 spiro atoms. The zero-order valence-electron chi connectivity index (χ0n) is 11.8. The highest BCUT2D eigenvalue weighted by molar-refractivity contribution is 7.15. The molecule has 106 valence electrons. The molecule has 1 aromatic heterocycles. The smallest absolute Gasteiger partial charge is 0.129 e. The van der Waals surface area contributed by atoms with Crippen LogP contribution in [0.3, 0.4) is 0 Å². The molecule has 0 saturated carbocycles. The maximum atomic E-state index is 13.0. The van der Waals surface area contributed by atoms with Crippen molar-refractivity contribution in [1.29, 1.82) is 0 Å². The Morgan fingerprint density at radius 1 is 1.05 bits per heavy atom. The lowest BCUT2D eigenvalue weighted by Gasteiger charge is -2.04. The average molecular weight is 299 g/mol. The van der Waals surface area contributed by atoms with Crippen LogP contribution in [0.5, 0.6) is 5.75 Å². The fourth-order valence-electron chi connectivity index (χ4n) is 2.21. The topological polar surface area (TPSA) is 22.1 Å². The third-order valence-corrected chi connectivity index (χ3v) is 4.26. The van der Waals surface area contributed by atoms with Gasteiger partial charge in [0.15, 0.2) is 0 Å². The summed E-state index contributed by atoms with van der Waals surface area (Å²) in [7, 11) is 1.65. The van der Waals surface area contributed by atoms with Crippen molar-refractivity contribution in [3.8, 4) is 27.6 Å². The molecule has 0 saturated heterocycles. The van der Waals surface area contributed by atoms with Crippen molar-refractivity contribution in [2.75, 3.05) is 7.11 Å². The van der Waals surface area contributed by atoms with Gasteiger partial charge in [-0.2, -0.15) is 0 Å². The second-order valence-corrected chi connectivity index (χ2v) is 5.83. The van der Waals surface area contributed by atoms with Gasteiger partial charge in [0.2, 0.25) is 0 Å². The summed E-state index contributed by atoms with van der Waals surface area (Å²) < 4.78 is 18.4. The van der Waals surface area contributed by atoms with Crippen molar-refractivity contribution in [3.63, 3.8) is 0 Å². The number of halogens is 1. The van der Waals surface area contributed by atoms with Crippen LogP contribution in [-0.4, -0.2) is 12.1 Å². The maximum Gasteiger partial charge on any atom is 0.129 e. The summed E-state index contributed by atoms with van der Waals surface area (Å²) in [4.78, 5) is 5.80. The molecule has 2 nitrogen and oxygen atoms in total. The van der Waals surface area contributed by atoms with Crippen molar-refractivity contribution in [2.45, 2.75) is 6.92 Å². The molecule has 0 atom stereocenters. The van der Waals surface area contributed by atoms with Gasteiger partial charge in [-0.1, -0.05) is 12.1 Å². The molecule has 0 aliphatic heterocycles. The third kappa shape index (κ3) is 2.67. The van der Waals surface area contributed by atoms with E-state index in [4.69, 9.17) is 9.72 Å². The summed E-state index contributed by atoms with van der Waals surface area (Å²) in [6.45, 7) is 2.02. The van der Waals surface area contributed by atoms with E-state index >= 15 is 0 Å². The van der Waals surface area contributed by atoms with E-state index in [1.165, 1.54) is 12.1 Å². The van der Waals surface area contributed by atoms with Crippen LogP contribution in [0.25, 0.3) is 21.8 Å². The minimum atomic E-state index is -0.239. The zero-order valence-corrected chi connectivity index (χ0v) is 12.6. The lowest BCUT2D eigenvalue weighted by atomic mass is 10.1. The molecule has 21 heavy (non-hydrogen) atoms. The predicted octanol–water partition coefficient (Wildman–Crippen LogP) is 4.93. The van der Waals surface area contributed by atoms with E-state index in [9.17, 15) is 4.39 Å². The second-order valence-electron chi connectivity index (χ2n) is 4.63. The predicted molar refractivity (Wildman–Crippen MR) is 84.2 cm³/mol. The summed E-state index contributed by atoms with van der Waals surface area (Å²) in [5, 5.41) is 0.907. The number of thiazole rings is 1. The van der Waals surface area contributed by atoms with E-state index in [2.05, 4.69) is 0 Å². The quantitative estimate of drug-likeness (QED) is 0.684. The Kier molecular flexibility index (Phi) is 3.71. The van der Waals surface area contributed by atoms with E-state index in [0.29, 0.717) is 0 Å². The molecule has 0 N–H and O–H groups in total. The van der Waals surface area contributed by atoms with Crippen molar-refractivity contribution in [1.82, 2.24) is 4.98 Å². The minimum absolute atomic E-state index is 0.239. The Bertz CT molecular complexity index is 765. The molecule has 3 aromatic rings. The number of methoxy groups -OCH3 is 1. The van der Waals surface area contributed by atoms with Crippen molar-refractivity contribution in [3.05, 3.63) is 59.2 Å². The highest BCUT2D eigenvalue weighted by Gasteiger charge is 2.14. The minimum Gasteiger partial charge on any atom is -0.496 e. The molecule has 0 bridgehead atoms. The number of aromatic nitrogens is 1. The Balaban J connectivity index is 2.07. The molecule has 2 aromatic carbocycles. The lowest BCUT2D eigenvalue weighted by molar-refractivity contribution is 0.416. The van der Waals surface area contributed by atoms with Crippen molar-refractivity contribution >= 4 is 11.3 Å². The van der Waals surface area contributed by atoms with Crippen LogP contribution in [0.4, 0.5) is 4.39 Å². The van der Waals surface area contributed by atoms with E-state index in [1.54, 1.807) is 30.6 Å². The average Bonchev–Trinajstić information content (AvgIpc) is 2.90. The van der Waals surface area contributed by atoms with Gasteiger partial charge < -0.3 is 4.74 Å². The fraction of sp³-hybridized carbons (Fsp3) is 0.118. The van der Waals surface area contributed by atoms with Crippen LogP contribution in [0.1, 0.15) is 4.88 Å². The molecule has 0 fully saturated rings. The van der Waals surface area contributed by atoms with Gasteiger partial charge in [-0.3, -0.25) is 0 Å².